The molecule has 0 saturated heterocycles. The van der Waals surface area contributed by atoms with E-state index in [0.717, 1.165) is 6.29 Å². The first-order valence-corrected chi connectivity index (χ1v) is 14.8. The van der Waals surface area contributed by atoms with Gasteiger partial charge in [-0.1, -0.05) is 41.5 Å². The second-order valence-electron chi connectivity index (χ2n) is 9.84. The van der Waals surface area contributed by atoms with Crippen molar-refractivity contribution in [1.82, 2.24) is 0 Å². The minimum absolute atomic E-state index is 0.0921. The first-order chi connectivity index (χ1) is 10.5. The molecular weight excluding hydrogens is 336 g/mol. The van der Waals surface area contributed by atoms with Gasteiger partial charge >= 0.3 is 0 Å². The molecule has 0 saturated carbocycles. The van der Waals surface area contributed by atoms with Gasteiger partial charge < -0.3 is 18.8 Å². The Balaban J connectivity index is 4.53. The first kappa shape index (κ1) is 24.0. The maximum atomic E-state index is 11.4. The zero-order chi connectivity index (χ0) is 19.4. The standard InChI is InChI=1S/C18H40O4Si2/c1-17(2,3)23(7,8)21-12-11-15(13-19)16(20)14-22-24(9,10)18(4,5)6/h13,15-16,20H,11-12,14H2,1-10H3/t15-,16-/m1/s1. The van der Waals surface area contributed by atoms with Gasteiger partial charge in [0.25, 0.3) is 0 Å². The molecule has 0 rings (SSSR count). The molecule has 144 valence electrons. The fourth-order valence-electron chi connectivity index (χ4n) is 1.65. The molecule has 0 aromatic heterocycles. The van der Waals surface area contributed by atoms with E-state index in [0.29, 0.717) is 13.0 Å². The van der Waals surface area contributed by atoms with Crippen LogP contribution in [0.5, 0.6) is 0 Å². The monoisotopic (exact) mass is 376 g/mol. The fraction of sp³-hybridized carbons (Fsp3) is 0.944. The summed E-state index contributed by atoms with van der Waals surface area (Å²) in [4.78, 5) is 11.4. The van der Waals surface area contributed by atoms with E-state index in [1.165, 1.54) is 0 Å². The van der Waals surface area contributed by atoms with Crippen molar-refractivity contribution in [3.8, 4) is 0 Å². The summed E-state index contributed by atoms with van der Waals surface area (Å²) in [5, 5.41) is 10.6. The van der Waals surface area contributed by atoms with Crippen LogP contribution in [0.3, 0.4) is 0 Å². The lowest BCUT2D eigenvalue weighted by molar-refractivity contribution is -0.115. The summed E-state index contributed by atoms with van der Waals surface area (Å²) < 4.78 is 12.2. The topological polar surface area (TPSA) is 55.8 Å². The minimum atomic E-state index is -1.91. The molecule has 4 nitrogen and oxygen atoms in total. The number of aliphatic hydroxyl groups is 1. The lowest BCUT2D eigenvalue weighted by Gasteiger charge is -2.37. The largest absolute Gasteiger partial charge is 0.417 e. The Morgan fingerprint density at radius 1 is 0.917 bits per heavy atom. The highest BCUT2D eigenvalue weighted by molar-refractivity contribution is 6.74. The van der Waals surface area contributed by atoms with E-state index in [9.17, 15) is 9.90 Å². The van der Waals surface area contributed by atoms with Crippen molar-refractivity contribution >= 4 is 22.9 Å². The van der Waals surface area contributed by atoms with Crippen LogP contribution in [-0.2, 0) is 13.6 Å². The Hall–Kier alpha value is -0.0162. The van der Waals surface area contributed by atoms with Crippen molar-refractivity contribution in [2.24, 2.45) is 5.92 Å². The van der Waals surface area contributed by atoms with Crippen LogP contribution in [-0.4, -0.2) is 47.3 Å². The third-order valence-corrected chi connectivity index (χ3v) is 14.8. The van der Waals surface area contributed by atoms with Gasteiger partial charge in [-0.05, 0) is 42.7 Å². The van der Waals surface area contributed by atoms with Gasteiger partial charge in [0.1, 0.15) is 6.29 Å². The predicted octanol–water partition coefficient (Wildman–Crippen LogP) is 4.60. The predicted molar refractivity (Wildman–Crippen MR) is 106 cm³/mol. The normalized spacial score (nSPS) is 16.8. The molecule has 0 aromatic carbocycles. The lowest BCUT2D eigenvalue weighted by atomic mass is 10.0. The number of rotatable bonds is 9. The molecule has 0 amide bonds. The van der Waals surface area contributed by atoms with E-state index in [2.05, 4.69) is 67.7 Å². The number of aldehydes is 1. The highest BCUT2D eigenvalue weighted by atomic mass is 28.4. The second-order valence-corrected chi connectivity index (χ2v) is 19.5. The third-order valence-electron chi connectivity index (χ3n) is 5.81. The Labute approximate surface area is 151 Å². The van der Waals surface area contributed by atoms with Gasteiger partial charge in [0.15, 0.2) is 16.6 Å². The van der Waals surface area contributed by atoms with Crippen molar-refractivity contribution in [1.29, 1.82) is 0 Å². The number of hydrogen-bond donors (Lipinski definition) is 1. The molecule has 6 heteroatoms. The fourth-order valence-corrected chi connectivity index (χ4v) is 3.73. The molecular formula is C18H40O4Si2. The highest BCUT2D eigenvalue weighted by Gasteiger charge is 2.39. The molecule has 0 radical (unpaired) electrons. The molecule has 0 aliphatic carbocycles. The summed E-state index contributed by atoms with van der Waals surface area (Å²) >= 11 is 0. The van der Waals surface area contributed by atoms with Gasteiger partial charge in [-0.3, -0.25) is 0 Å². The van der Waals surface area contributed by atoms with E-state index in [1.54, 1.807) is 0 Å². The Morgan fingerprint density at radius 3 is 1.71 bits per heavy atom. The van der Waals surface area contributed by atoms with Gasteiger partial charge in [0, 0.05) is 12.5 Å². The van der Waals surface area contributed by atoms with Crippen LogP contribution in [0.4, 0.5) is 0 Å². The third kappa shape index (κ3) is 7.08. The molecule has 0 heterocycles. The SMILES string of the molecule is CC(C)(C)[Si](C)(C)OCC[C@H](C=O)[C@H](O)CO[Si](C)(C)C(C)(C)C. The van der Waals surface area contributed by atoms with Gasteiger partial charge in [-0.25, -0.2) is 0 Å². The highest BCUT2D eigenvalue weighted by Crippen LogP contribution is 2.37. The van der Waals surface area contributed by atoms with Crippen LogP contribution < -0.4 is 0 Å². The number of aliphatic hydroxyl groups excluding tert-OH is 1. The average Bonchev–Trinajstić information content (AvgIpc) is 2.38. The second kappa shape index (κ2) is 8.58. The molecule has 24 heavy (non-hydrogen) atoms. The average molecular weight is 377 g/mol. The van der Waals surface area contributed by atoms with Crippen LogP contribution in [0.15, 0.2) is 0 Å². The van der Waals surface area contributed by atoms with E-state index in [1.807, 2.05) is 0 Å². The van der Waals surface area contributed by atoms with Crippen LogP contribution >= 0.6 is 0 Å². The van der Waals surface area contributed by atoms with E-state index >= 15 is 0 Å². The van der Waals surface area contributed by atoms with Crippen molar-refractivity contribution in [2.45, 2.75) is 90.3 Å². The molecule has 0 aromatic rings. The summed E-state index contributed by atoms with van der Waals surface area (Å²) in [5.74, 6) is -0.431. The smallest absolute Gasteiger partial charge is 0.192 e. The van der Waals surface area contributed by atoms with Crippen LogP contribution in [0.2, 0.25) is 36.3 Å². The quantitative estimate of drug-likeness (QED) is 0.472. The summed E-state index contributed by atoms with van der Waals surface area (Å²) in [6.45, 7) is 22.5. The maximum Gasteiger partial charge on any atom is 0.192 e. The van der Waals surface area contributed by atoms with Crippen molar-refractivity contribution in [3.05, 3.63) is 0 Å². The van der Waals surface area contributed by atoms with Gasteiger partial charge in [0.05, 0.1) is 12.7 Å². The van der Waals surface area contributed by atoms with E-state index in [-0.39, 0.29) is 16.7 Å². The molecule has 0 spiro atoms. The molecule has 1 N–H and O–H groups in total. The molecule has 0 aliphatic heterocycles. The zero-order valence-electron chi connectivity index (χ0n) is 17.5. The number of carbonyl (C=O) groups is 1. The molecule has 0 bridgehead atoms. The number of carbonyl (C=O) groups excluding carboxylic acids is 1. The van der Waals surface area contributed by atoms with Crippen LogP contribution in [0, 0.1) is 5.92 Å². The van der Waals surface area contributed by atoms with Crippen LogP contribution in [0.1, 0.15) is 48.0 Å². The summed E-state index contributed by atoms with van der Waals surface area (Å²) in [6.07, 6.45) is 0.617. The minimum Gasteiger partial charge on any atom is -0.417 e. The first-order valence-electron chi connectivity index (χ1n) is 8.96. The summed E-state index contributed by atoms with van der Waals surface area (Å²) in [7, 11) is -3.73. The van der Waals surface area contributed by atoms with E-state index in [4.69, 9.17) is 8.85 Å². The summed E-state index contributed by atoms with van der Waals surface area (Å²) in [6, 6.07) is 0. The van der Waals surface area contributed by atoms with Crippen LogP contribution in [0.25, 0.3) is 0 Å². The van der Waals surface area contributed by atoms with Gasteiger partial charge in [-0.2, -0.15) is 0 Å². The molecule has 0 aliphatic rings. The van der Waals surface area contributed by atoms with Crippen molar-refractivity contribution in [2.75, 3.05) is 13.2 Å². The Kier molecular flexibility index (Phi) is 8.57. The van der Waals surface area contributed by atoms with Gasteiger partial charge in [0.2, 0.25) is 0 Å². The molecule has 0 unspecified atom stereocenters. The lowest BCUT2D eigenvalue weighted by Crippen LogP contribution is -2.44. The Morgan fingerprint density at radius 2 is 1.33 bits per heavy atom. The molecule has 0 fully saturated rings. The van der Waals surface area contributed by atoms with Crippen molar-refractivity contribution < 1.29 is 18.8 Å². The molecule has 2 atom stereocenters. The van der Waals surface area contributed by atoms with Gasteiger partial charge in [-0.15, -0.1) is 0 Å². The number of hydrogen-bond acceptors (Lipinski definition) is 4. The zero-order valence-corrected chi connectivity index (χ0v) is 19.5. The van der Waals surface area contributed by atoms with Crippen molar-refractivity contribution in [3.63, 3.8) is 0 Å². The Bertz CT molecular complexity index is 395. The maximum absolute atomic E-state index is 11.4. The summed E-state index contributed by atoms with van der Waals surface area (Å²) in [5.41, 5.74) is 0. The van der Waals surface area contributed by atoms with E-state index < -0.39 is 28.7 Å².